The molecule has 0 fully saturated rings. The van der Waals surface area contributed by atoms with Crippen LogP contribution in [0, 0.1) is 0 Å². The van der Waals surface area contributed by atoms with Gasteiger partial charge in [-0.15, -0.1) is 0 Å². The van der Waals surface area contributed by atoms with Gasteiger partial charge < -0.3 is 10.1 Å². The first-order valence-corrected chi connectivity index (χ1v) is 10.1. The number of ether oxygens (including phenoxy) is 1. The highest BCUT2D eigenvalue weighted by Crippen LogP contribution is 2.36. The molecule has 2 aromatic carbocycles. The Morgan fingerprint density at radius 3 is 2.61 bits per heavy atom. The van der Waals surface area contributed by atoms with Gasteiger partial charge in [0.15, 0.2) is 10.9 Å². The second-order valence-electron chi connectivity index (χ2n) is 5.59. The number of halogens is 3. The van der Waals surface area contributed by atoms with Gasteiger partial charge in [-0.3, -0.25) is 4.79 Å². The summed E-state index contributed by atoms with van der Waals surface area (Å²) in [5, 5.41) is 3.30. The van der Waals surface area contributed by atoms with Crippen LogP contribution in [0.1, 0.15) is 5.56 Å². The van der Waals surface area contributed by atoms with Crippen molar-refractivity contribution in [2.75, 3.05) is 18.2 Å². The Balaban J connectivity index is 1.70. The summed E-state index contributed by atoms with van der Waals surface area (Å²) >= 11 is 2.78. The molecule has 1 amide bonds. The molecule has 0 spiro atoms. The molecule has 3 aromatic rings. The molecule has 9 heteroatoms. The van der Waals surface area contributed by atoms with Gasteiger partial charge in [0.1, 0.15) is 16.4 Å². The van der Waals surface area contributed by atoms with Gasteiger partial charge in [-0.25, -0.2) is 4.98 Å². The van der Waals surface area contributed by atoms with E-state index in [9.17, 15) is 18.0 Å². The average molecular weight is 424 g/mol. The second kappa shape index (κ2) is 8.66. The molecule has 0 saturated carbocycles. The Hall–Kier alpha value is -2.52. The maximum Gasteiger partial charge on any atom is 0.416 e. The van der Waals surface area contributed by atoms with Crippen LogP contribution in [0.4, 0.5) is 18.2 Å². The highest BCUT2D eigenvalue weighted by atomic mass is 32.2. The van der Waals surface area contributed by atoms with E-state index in [1.165, 1.54) is 35.2 Å². The molecule has 0 aliphatic heterocycles. The summed E-state index contributed by atoms with van der Waals surface area (Å²) in [5.41, 5.74) is 0.666. The molecular weight excluding hydrogens is 409 g/mol. The lowest BCUT2D eigenvalue weighted by Gasteiger charge is -2.10. The zero-order valence-corrected chi connectivity index (χ0v) is 16.3. The summed E-state index contributed by atoms with van der Waals surface area (Å²) in [6, 6.07) is 13.8. The van der Waals surface area contributed by atoms with Crippen molar-refractivity contribution >= 4 is 34.0 Å². The monoisotopic (exact) mass is 424 g/mol. The van der Waals surface area contributed by atoms with Gasteiger partial charge in [0, 0.05) is 5.56 Å². The molecular formula is C19H15F3N2O2S2. The fraction of sp³-hybridized carbons (Fsp3) is 0.158. The van der Waals surface area contributed by atoms with Crippen LogP contribution in [-0.2, 0) is 11.0 Å². The van der Waals surface area contributed by atoms with Crippen molar-refractivity contribution in [3.63, 3.8) is 0 Å². The Labute approximate surface area is 167 Å². The number of hydrogen-bond donors (Lipinski definition) is 1. The lowest BCUT2D eigenvalue weighted by molar-refractivity contribution is -0.137. The fourth-order valence-electron chi connectivity index (χ4n) is 2.34. The van der Waals surface area contributed by atoms with Crippen LogP contribution in [0.15, 0.2) is 58.9 Å². The molecule has 0 saturated heterocycles. The highest BCUT2D eigenvalue weighted by Gasteiger charge is 2.30. The smallest absolute Gasteiger partial charge is 0.416 e. The minimum absolute atomic E-state index is 0.0256. The predicted octanol–water partition coefficient (Wildman–Crippen LogP) is 5.57. The number of nitrogens with one attached hydrogen (secondary N) is 1. The topological polar surface area (TPSA) is 51.2 Å². The third-order valence-corrected chi connectivity index (χ3v) is 5.57. The van der Waals surface area contributed by atoms with Gasteiger partial charge in [-0.1, -0.05) is 59.5 Å². The zero-order chi connectivity index (χ0) is 20.1. The molecule has 0 unspecified atom stereocenters. The molecule has 1 N–H and O–H groups in total. The number of thiazole rings is 1. The van der Waals surface area contributed by atoms with Crippen LogP contribution in [0.5, 0.6) is 5.75 Å². The van der Waals surface area contributed by atoms with Crippen LogP contribution in [0.2, 0.25) is 0 Å². The number of hydrogen-bond acceptors (Lipinski definition) is 5. The number of alkyl halides is 3. The number of carbonyl (C=O) groups excluding carboxylic acids is 1. The lowest BCUT2D eigenvalue weighted by atomic mass is 10.2. The summed E-state index contributed by atoms with van der Waals surface area (Å²) in [7, 11) is 0. The number of anilines is 1. The van der Waals surface area contributed by atoms with Crippen molar-refractivity contribution in [2.45, 2.75) is 10.5 Å². The van der Waals surface area contributed by atoms with Crippen molar-refractivity contribution in [2.24, 2.45) is 0 Å². The van der Waals surface area contributed by atoms with E-state index in [0.29, 0.717) is 10.7 Å². The molecule has 4 nitrogen and oxygen atoms in total. The molecule has 0 aliphatic carbocycles. The summed E-state index contributed by atoms with van der Waals surface area (Å²) in [6.07, 6.45) is -2.58. The second-order valence-corrected chi connectivity index (χ2v) is 7.64. The summed E-state index contributed by atoms with van der Waals surface area (Å²) < 4.78 is 44.3. The van der Waals surface area contributed by atoms with E-state index < -0.39 is 24.3 Å². The van der Waals surface area contributed by atoms with Crippen LogP contribution in [0.3, 0.4) is 0 Å². The highest BCUT2D eigenvalue weighted by molar-refractivity contribution is 8.00. The molecule has 0 radical (unpaired) electrons. The zero-order valence-electron chi connectivity index (χ0n) is 14.6. The molecule has 0 bridgehead atoms. The maximum atomic E-state index is 12.8. The first-order valence-electron chi connectivity index (χ1n) is 8.07. The number of nitrogens with zero attached hydrogens (tertiary/aromatic N) is 1. The maximum absolute atomic E-state index is 12.8. The lowest BCUT2D eigenvalue weighted by Crippen LogP contribution is -2.20. The van der Waals surface area contributed by atoms with Gasteiger partial charge in [0.25, 0.3) is 5.91 Å². The van der Waals surface area contributed by atoms with Crippen LogP contribution < -0.4 is 10.1 Å². The van der Waals surface area contributed by atoms with Crippen LogP contribution >= 0.6 is 23.1 Å². The van der Waals surface area contributed by atoms with E-state index in [2.05, 4.69) is 10.3 Å². The molecule has 1 aromatic heterocycles. The van der Waals surface area contributed by atoms with Crippen molar-refractivity contribution in [3.8, 4) is 17.0 Å². The van der Waals surface area contributed by atoms with Crippen molar-refractivity contribution in [3.05, 3.63) is 60.2 Å². The first kappa shape index (κ1) is 20.2. The van der Waals surface area contributed by atoms with E-state index in [1.807, 2.05) is 36.6 Å². The van der Waals surface area contributed by atoms with E-state index >= 15 is 0 Å². The number of carbonyl (C=O) groups is 1. The third-order valence-electron chi connectivity index (χ3n) is 3.61. The molecule has 0 atom stereocenters. The standard InChI is InChI=1S/C19H15F3N2O2S2/c1-27-18-24-16(12-6-3-2-4-7-12)17(28-18)23-15(25)11-26-14-9-5-8-13(10-14)19(20,21)22/h2-10H,11H2,1H3,(H,23,25). The quantitative estimate of drug-likeness (QED) is 0.526. The summed E-state index contributed by atoms with van der Waals surface area (Å²) in [6.45, 7) is -0.415. The molecule has 0 aliphatic rings. The number of rotatable bonds is 6. The van der Waals surface area contributed by atoms with E-state index in [1.54, 1.807) is 0 Å². The molecule has 3 rings (SSSR count). The SMILES string of the molecule is CSc1nc(-c2ccccc2)c(NC(=O)COc2cccc(C(F)(F)F)c2)s1. The van der Waals surface area contributed by atoms with Gasteiger partial charge in [-0.2, -0.15) is 13.2 Å². The van der Waals surface area contributed by atoms with Crippen LogP contribution in [0.25, 0.3) is 11.3 Å². The minimum Gasteiger partial charge on any atom is -0.484 e. The Bertz CT molecular complexity index is 959. The van der Waals surface area contributed by atoms with Gasteiger partial charge in [0.2, 0.25) is 0 Å². The molecule has 28 heavy (non-hydrogen) atoms. The Morgan fingerprint density at radius 1 is 1.18 bits per heavy atom. The van der Waals surface area contributed by atoms with Crippen molar-refractivity contribution in [1.29, 1.82) is 0 Å². The average Bonchev–Trinajstić information content (AvgIpc) is 3.09. The predicted molar refractivity (Wildman–Crippen MR) is 105 cm³/mol. The fourth-order valence-corrected chi connectivity index (χ4v) is 3.84. The number of benzene rings is 2. The van der Waals surface area contributed by atoms with Crippen molar-refractivity contribution in [1.82, 2.24) is 4.98 Å². The Morgan fingerprint density at radius 2 is 1.93 bits per heavy atom. The number of thioether (sulfide) groups is 1. The molecule has 1 heterocycles. The first-order chi connectivity index (χ1) is 13.4. The summed E-state index contributed by atoms with van der Waals surface area (Å²) in [5.74, 6) is -0.506. The van der Waals surface area contributed by atoms with Gasteiger partial charge >= 0.3 is 6.18 Å². The molecule has 146 valence electrons. The van der Waals surface area contributed by atoms with E-state index in [-0.39, 0.29) is 5.75 Å². The number of amides is 1. The largest absolute Gasteiger partial charge is 0.484 e. The Kier molecular flexibility index (Phi) is 6.25. The van der Waals surface area contributed by atoms with Crippen molar-refractivity contribution < 1.29 is 22.7 Å². The normalized spacial score (nSPS) is 11.3. The van der Waals surface area contributed by atoms with E-state index in [4.69, 9.17) is 4.74 Å². The minimum atomic E-state index is -4.47. The number of aromatic nitrogens is 1. The van der Waals surface area contributed by atoms with Gasteiger partial charge in [-0.05, 0) is 24.5 Å². The summed E-state index contributed by atoms with van der Waals surface area (Å²) in [4.78, 5) is 16.8. The van der Waals surface area contributed by atoms with Crippen LogP contribution in [-0.4, -0.2) is 23.8 Å². The van der Waals surface area contributed by atoms with E-state index in [0.717, 1.165) is 22.0 Å². The third kappa shape index (κ3) is 5.05. The van der Waals surface area contributed by atoms with Gasteiger partial charge in [0.05, 0.1) is 5.56 Å².